The highest BCUT2D eigenvalue weighted by atomic mass is 16.1. The fourth-order valence-corrected chi connectivity index (χ4v) is 2.26. The summed E-state index contributed by atoms with van der Waals surface area (Å²) in [6.07, 6.45) is 2.56. The normalized spacial score (nSPS) is 10.5. The number of rotatable bonds is 4. The number of amides is 1. The second-order valence-corrected chi connectivity index (χ2v) is 4.91. The Kier molecular flexibility index (Phi) is 3.92. The summed E-state index contributed by atoms with van der Waals surface area (Å²) < 4.78 is 0. The van der Waals surface area contributed by atoms with Gasteiger partial charge in [0.2, 0.25) is 0 Å². The molecular weight excluding hydrogens is 260 g/mol. The van der Waals surface area contributed by atoms with Crippen LogP contribution in [0.25, 0.3) is 10.8 Å². The highest BCUT2D eigenvalue weighted by Gasteiger charge is 2.07. The summed E-state index contributed by atoms with van der Waals surface area (Å²) in [7, 11) is 0. The Hall–Kier alpha value is -2.68. The van der Waals surface area contributed by atoms with Crippen molar-refractivity contribution in [3.8, 4) is 0 Å². The van der Waals surface area contributed by atoms with E-state index in [2.05, 4.69) is 22.4 Å². The third kappa shape index (κ3) is 3.26. The molecule has 3 rings (SSSR count). The molecule has 3 aromatic rings. The minimum Gasteiger partial charge on any atom is -0.350 e. The van der Waals surface area contributed by atoms with E-state index in [1.807, 2.05) is 48.5 Å². The van der Waals surface area contributed by atoms with Crippen LogP contribution in [0.5, 0.6) is 0 Å². The van der Waals surface area contributed by atoms with E-state index in [0.29, 0.717) is 12.2 Å². The molecule has 0 fully saturated rings. The number of fused-ring (bicyclic) bond motifs is 1. The summed E-state index contributed by atoms with van der Waals surface area (Å²) in [5.41, 5.74) is 1.67. The summed E-state index contributed by atoms with van der Waals surface area (Å²) >= 11 is 0. The van der Waals surface area contributed by atoms with Gasteiger partial charge in [0.1, 0.15) is 5.69 Å². The van der Waals surface area contributed by atoms with Gasteiger partial charge in [-0.1, -0.05) is 54.6 Å². The lowest BCUT2D eigenvalue weighted by atomic mass is 10.1. The van der Waals surface area contributed by atoms with E-state index in [0.717, 1.165) is 17.2 Å². The van der Waals surface area contributed by atoms with Crippen molar-refractivity contribution in [2.75, 3.05) is 6.54 Å². The monoisotopic (exact) mass is 276 g/mol. The van der Waals surface area contributed by atoms with Gasteiger partial charge in [0.15, 0.2) is 0 Å². The highest BCUT2D eigenvalue weighted by Crippen LogP contribution is 2.13. The van der Waals surface area contributed by atoms with E-state index >= 15 is 0 Å². The minimum absolute atomic E-state index is 0.128. The van der Waals surface area contributed by atoms with Crippen molar-refractivity contribution in [1.82, 2.24) is 10.3 Å². The van der Waals surface area contributed by atoms with Gasteiger partial charge in [0, 0.05) is 18.1 Å². The molecule has 2 aromatic carbocycles. The summed E-state index contributed by atoms with van der Waals surface area (Å²) in [4.78, 5) is 16.3. The maximum atomic E-state index is 12.1. The van der Waals surface area contributed by atoms with E-state index in [1.165, 1.54) is 5.56 Å². The second-order valence-electron chi connectivity index (χ2n) is 4.91. The summed E-state index contributed by atoms with van der Waals surface area (Å²) in [5, 5.41) is 4.98. The van der Waals surface area contributed by atoms with Crippen molar-refractivity contribution in [3.05, 3.63) is 78.1 Å². The minimum atomic E-state index is -0.128. The van der Waals surface area contributed by atoms with Crippen LogP contribution >= 0.6 is 0 Å². The van der Waals surface area contributed by atoms with Crippen LogP contribution in [-0.4, -0.2) is 17.4 Å². The predicted molar refractivity (Wildman–Crippen MR) is 84.2 cm³/mol. The molecule has 3 nitrogen and oxygen atoms in total. The van der Waals surface area contributed by atoms with Gasteiger partial charge in [-0.05, 0) is 23.4 Å². The lowest BCUT2D eigenvalue weighted by molar-refractivity contribution is 0.0949. The maximum absolute atomic E-state index is 12.1. The van der Waals surface area contributed by atoms with Crippen molar-refractivity contribution in [2.45, 2.75) is 6.42 Å². The smallest absolute Gasteiger partial charge is 0.269 e. The van der Waals surface area contributed by atoms with E-state index in [1.54, 1.807) is 6.20 Å². The average Bonchev–Trinajstić information content (AvgIpc) is 2.55. The molecule has 0 unspecified atom stereocenters. The molecule has 1 amide bonds. The zero-order valence-corrected chi connectivity index (χ0v) is 11.6. The van der Waals surface area contributed by atoms with Gasteiger partial charge in [-0.2, -0.15) is 0 Å². The summed E-state index contributed by atoms with van der Waals surface area (Å²) in [6.45, 7) is 0.608. The van der Waals surface area contributed by atoms with E-state index in [9.17, 15) is 4.79 Å². The van der Waals surface area contributed by atoms with Gasteiger partial charge in [0.05, 0.1) is 0 Å². The van der Waals surface area contributed by atoms with Crippen LogP contribution in [0.4, 0.5) is 0 Å². The molecule has 3 heteroatoms. The number of hydrogen-bond donors (Lipinski definition) is 1. The predicted octanol–water partition coefficient (Wildman–Crippen LogP) is 3.21. The standard InChI is InChI=1S/C18H16N2O/c21-18(19-11-10-14-6-2-1-3-7-14)17-12-15-8-4-5-9-16(15)13-20-17/h1-9,12-13H,10-11H2,(H,19,21). The average molecular weight is 276 g/mol. The number of carbonyl (C=O) groups is 1. The number of benzene rings is 2. The fraction of sp³-hybridized carbons (Fsp3) is 0.111. The molecule has 0 aliphatic carbocycles. The molecule has 104 valence electrons. The zero-order valence-electron chi connectivity index (χ0n) is 11.6. The van der Waals surface area contributed by atoms with Crippen LogP contribution in [-0.2, 0) is 6.42 Å². The summed E-state index contributed by atoms with van der Waals surface area (Å²) in [5.74, 6) is -0.128. The Balaban J connectivity index is 1.64. The van der Waals surface area contributed by atoms with Gasteiger partial charge in [-0.15, -0.1) is 0 Å². The molecule has 1 heterocycles. The molecule has 1 N–H and O–H groups in total. The van der Waals surface area contributed by atoms with Crippen LogP contribution < -0.4 is 5.32 Å². The van der Waals surface area contributed by atoms with Crippen LogP contribution in [0.2, 0.25) is 0 Å². The topological polar surface area (TPSA) is 42.0 Å². The first-order chi connectivity index (χ1) is 10.3. The zero-order chi connectivity index (χ0) is 14.5. The van der Waals surface area contributed by atoms with Gasteiger partial charge in [0.25, 0.3) is 5.91 Å². The third-order valence-corrected chi connectivity index (χ3v) is 3.41. The Morgan fingerprint density at radius 1 is 0.952 bits per heavy atom. The van der Waals surface area contributed by atoms with Crippen molar-refractivity contribution in [3.63, 3.8) is 0 Å². The molecule has 0 saturated carbocycles. The first kappa shape index (κ1) is 13.3. The van der Waals surface area contributed by atoms with Crippen molar-refractivity contribution in [1.29, 1.82) is 0 Å². The molecule has 21 heavy (non-hydrogen) atoms. The quantitative estimate of drug-likeness (QED) is 0.795. The van der Waals surface area contributed by atoms with Gasteiger partial charge in [-0.25, -0.2) is 0 Å². The van der Waals surface area contributed by atoms with Crippen LogP contribution in [0, 0.1) is 0 Å². The van der Waals surface area contributed by atoms with Crippen molar-refractivity contribution >= 4 is 16.7 Å². The molecular formula is C18H16N2O. The molecule has 0 aliphatic heterocycles. The first-order valence-corrected chi connectivity index (χ1v) is 7.00. The third-order valence-electron chi connectivity index (χ3n) is 3.41. The van der Waals surface area contributed by atoms with E-state index in [-0.39, 0.29) is 5.91 Å². The van der Waals surface area contributed by atoms with Crippen molar-refractivity contribution in [2.24, 2.45) is 0 Å². The molecule has 0 saturated heterocycles. The number of hydrogen-bond acceptors (Lipinski definition) is 2. The Labute approximate surface area is 123 Å². The molecule has 1 aromatic heterocycles. The molecule has 0 atom stereocenters. The maximum Gasteiger partial charge on any atom is 0.269 e. The Morgan fingerprint density at radius 2 is 1.67 bits per heavy atom. The van der Waals surface area contributed by atoms with Crippen molar-refractivity contribution < 1.29 is 4.79 Å². The Bertz CT molecular complexity index is 753. The van der Waals surface area contributed by atoms with E-state index in [4.69, 9.17) is 0 Å². The highest BCUT2D eigenvalue weighted by molar-refractivity contribution is 5.96. The molecule has 0 aliphatic rings. The molecule has 0 radical (unpaired) electrons. The number of carbonyl (C=O) groups excluding carboxylic acids is 1. The molecule has 0 spiro atoms. The van der Waals surface area contributed by atoms with Crippen LogP contribution in [0.3, 0.4) is 0 Å². The van der Waals surface area contributed by atoms with Gasteiger partial charge >= 0.3 is 0 Å². The number of nitrogens with zero attached hydrogens (tertiary/aromatic N) is 1. The lowest BCUT2D eigenvalue weighted by Gasteiger charge is -2.06. The number of pyridine rings is 1. The summed E-state index contributed by atoms with van der Waals surface area (Å²) in [6, 6.07) is 19.8. The van der Waals surface area contributed by atoms with Gasteiger partial charge < -0.3 is 5.32 Å². The first-order valence-electron chi connectivity index (χ1n) is 7.00. The lowest BCUT2D eigenvalue weighted by Crippen LogP contribution is -2.26. The van der Waals surface area contributed by atoms with E-state index < -0.39 is 0 Å². The molecule has 0 bridgehead atoms. The fourth-order valence-electron chi connectivity index (χ4n) is 2.26. The Morgan fingerprint density at radius 3 is 2.48 bits per heavy atom. The number of nitrogens with one attached hydrogen (secondary N) is 1. The largest absolute Gasteiger partial charge is 0.350 e. The van der Waals surface area contributed by atoms with Crippen LogP contribution in [0.1, 0.15) is 16.1 Å². The van der Waals surface area contributed by atoms with Gasteiger partial charge in [-0.3, -0.25) is 9.78 Å². The SMILES string of the molecule is O=C(NCCc1ccccc1)c1cc2ccccc2cn1. The second kappa shape index (κ2) is 6.18. The van der Waals surface area contributed by atoms with Crippen LogP contribution in [0.15, 0.2) is 66.9 Å². The number of aromatic nitrogens is 1.